The molecule has 0 amide bonds. The fourth-order valence-electron chi connectivity index (χ4n) is 2.60. The first-order chi connectivity index (χ1) is 10.6. The Morgan fingerprint density at radius 2 is 1.64 bits per heavy atom. The topological polar surface area (TPSA) is 35.5 Å². The molecule has 0 saturated carbocycles. The second kappa shape index (κ2) is 5.87. The van der Waals surface area contributed by atoms with Crippen molar-refractivity contribution < 1.29 is 14.3 Å². The molecule has 3 nitrogen and oxygen atoms in total. The second-order valence-electron chi connectivity index (χ2n) is 5.42. The molecule has 1 heterocycles. The van der Waals surface area contributed by atoms with E-state index in [0.717, 1.165) is 16.7 Å². The molecular weight excluding hydrogens is 276 g/mol. The largest absolute Gasteiger partial charge is 0.352 e. The maximum absolute atomic E-state index is 12.3. The van der Waals surface area contributed by atoms with E-state index in [1.807, 2.05) is 42.5 Å². The van der Waals surface area contributed by atoms with Gasteiger partial charge in [0.2, 0.25) is 0 Å². The number of rotatable bonds is 3. The summed E-state index contributed by atoms with van der Waals surface area (Å²) in [5.74, 6) is -0.0757. The molecule has 0 aliphatic carbocycles. The molecule has 0 aromatic heterocycles. The smallest absolute Gasteiger partial charge is 0.191 e. The van der Waals surface area contributed by atoms with Crippen molar-refractivity contribution in [1.29, 1.82) is 0 Å². The quantitative estimate of drug-likeness (QED) is 0.866. The normalized spacial score (nSPS) is 24.5. The molecule has 0 fully saturated rings. The van der Waals surface area contributed by atoms with Gasteiger partial charge in [-0.25, -0.2) is 0 Å². The van der Waals surface area contributed by atoms with Crippen LogP contribution in [-0.4, -0.2) is 19.2 Å². The average molecular weight is 294 g/mol. The molecule has 2 aromatic rings. The molecular formula is C19H18O3. The average Bonchev–Trinajstić information content (AvgIpc) is 2.58. The Morgan fingerprint density at radius 1 is 1.00 bits per heavy atom. The van der Waals surface area contributed by atoms with E-state index in [-0.39, 0.29) is 5.78 Å². The summed E-state index contributed by atoms with van der Waals surface area (Å²) in [5.41, 5.74) is 2.06. The summed E-state index contributed by atoms with van der Waals surface area (Å²) in [6.45, 7) is 1.78. The van der Waals surface area contributed by atoms with Crippen LogP contribution < -0.4 is 0 Å². The first-order valence-electron chi connectivity index (χ1n) is 7.23. The van der Waals surface area contributed by atoms with E-state index in [2.05, 4.69) is 12.1 Å². The van der Waals surface area contributed by atoms with Gasteiger partial charge in [-0.15, -0.1) is 0 Å². The van der Waals surface area contributed by atoms with Crippen LogP contribution in [0.25, 0.3) is 11.1 Å². The number of carbonyl (C=O) groups excluding carboxylic acids is 1. The Bertz CT molecular complexity index is 688. The van der Waals surface area contributed by atoms with Crippen LogP contribution >= 0.6 is 0 Å². The summed E-state index contributed by atoms with van der Waals surface area (Å²) in [6.07, 6.45) is 2.65. The van der Waals surface area contributed by atoms with Crippen LogP contribution in [-0.2, 0) is 19.9 Å². The summed E-state index contributed by atoms with van der Waals surface area (Å²) in [6, 6.07) is 18.0. The molecule has 3 rings (SSSR count). The maximum Gasteiger partial charge on any atom is 0.191 e. The molecule has 0 radical (unpaired) electrons. The third-order valence-electron chi connectivity index (χ3n) is 4.00. The van der Waals surface area contributed by atoms with Crippen LogP contribution in [0.15, 0.2) is 66.7 Å². The summed E-state index contributed by atoms with van der Waals surface area (Å²) in [4.78, 5) is 12.3. The molecule has 2 aromatic carbocycles. The molecule has 0 bridgehead atoms. The Labute approximate surface area is 130 Å². The van der Waals surface area contributed by atoms with E-state index in [4.69, 9.17) is 9.47 Å². The van der Waals surface area contributed by atoms with Gasteiger partial charge in [-0.05, 0) is 35.8 Å². The minimum absolute atomic E-state index is 0.0757. The first-order valence-corrected chi connectivity index (χ1v) is 7.23. The predicted molar refractivity (Wildman–Crippen MR) is 85.3 cm³/mol. The van der Waals surface area contributed by atoms with Gasteiger partial charge in [0.25, 0.3) is 0 Å². The zero-order valence-corrected chi connectivity index (χ0v) is 12.7. The molecule has 3 heteroatoms. The second-order valence-corrected chi connectivity index (χ2v) is 5.42. The van der Waals surface area contributed by atoms with Gasteiger partial charge in [0.1, 0.15) is 0 Å². The van der Waals surface area contributed by atoms with Crippen molar-refractivity contribution in [2.75, 3.05) is 7.11 Å². The number of hydrogen-bond acceptors (Lipinski definition) is 3. The van der Waals surface area contributed by atoms with Gasteiger partial charge >= 0.3 is 0 Å². The third kappa shape index (κ3) is 2.61. The van der Waals surface area contributed by atoms with Gasteiger partial charge in [-0.1, -0.05) is 54.6 Å². The fourth-order valence-corrected chi connectivity index (χ4v) is 2.60. The lowest BCUT2D eigenvalue weighted by molar-refractivity contribution is -0.185. The van der Waals surface area contributed by atoms with Crippen molar-refractivity contribution in [3.8, 4) is 11.1 Å². The molecule has 0 unspecified atom stereocenters. The number of benzene rings is 2. The van der Waals surface area contributed by atoms with E-state index in [9.17, 15) is 4.79 Å². The SMILES string of the molecule is CO[C@H]1C=CC(=O)[C@@](C)(c2ccc(-c3ccccc3)cc2)O1. The van der Waals surface area contributed by atoms with Gasteiger partial charge in [0.15, 0.2) is 17.7 Å². The van der Waals surface area contributed by atoms with Crippen molar-refractivity contribution in [3.05, 3.63) is 72.3 Å². The van der Waals surface area contributed by atoms with Crippen molar-refractivity contribution in [2.45, 2.75) is 18.8 Å². The zero-order valence-electron chi connectivity index (χ0n) is 12.7. The van der Waals surface area contributed by atoms with Crippen molar-refractivity contribution in [2.24, 2.45) is 0 Å². The molecule has 112 valence electrons. The fraction of sp³-hybridized carbons (Fsp3) is 0.211. The van der Waals surface area contributed by atoms with Crippen LogP contribution in [0, 0.1) is 0 Å². The van der Waals surface area contributed by atoms with Crippen molar-refractivity contribution in [1.82, 2.24) is 0 Å². The molecule has 1 aliphatic rings. The van der Waals surface area contributed by atoms with Crippen LogP contribution in [0.3, 0.4) is 0 Å². The van der Waals surface area contributed by atoms with E-state index >= 15 is 0 Å². The number of carbonyl (C=O) groups is 1. The Morgan fingerprint density at radius 3 is 2.27 bits per heavy atom. The highest BCUT2D eigenvalue weighted by Gasteiger charge is 2.39. The Hall–Kier alpha value is -2.23. The van der Waals surface area contributed by atoms with Crippen molar-refractivity contribution >= 4 is 5.78 Å². The molecule has 0 spiro atoms. The van der Waals surface area contributed by atoms with Crippen LogP contribution in [0.1, 0.15) is 12.5 Å². The molecule has 0 saturated heterocycles. The summed E-state index contributed by atoms with van der Waals surface area (Å²) < 4.78 is 11.0. The van der Waals surface area contributed by atoms with Gasteiger partial charge < -0.3 is 9.47 Å². The van der Waals surface area contributed by atoms with Gasteiger partial charge in [0, 0.05) is 7.11 Å². The van der Waals surface area contributed by atoms with E-state index in [1.54, 1.807) is 20.1 Å². The summed E-state index contributed by atoms with van der Waals surface area (Å²) >= 11 is 0. The minimum Gasteiger partial charge on any atom is -0.352 e. The number of hydrogen-bond donors (Lipinski definition) is 0. The number of ketones is 1. The Kier molecular flexibility index (Phi) is 3.92. The highest BCUT2D eigenvalue weighted by atomic mass is 16.7. The maximum atomic E-state index is 12.3. The standard InChI is InChI=1S/C19H18O3/c1-19(17(20)12-13-18(21-2)22-19)16-10-8-15(9-11-16)14-6-4-3-5-7-14/h3-13,18H,1-2H3/t18-,19-/m1/s1. The molecule has 2 atom stereocenters. The lowest BCUT2D eigenvalue weighted by Gasteiger charge is -2.33. The number of ether oxygens (including phenoxy) is 2. The lowest BCUT2D eigenvalue weighted by atomic mass is 9.88. The van der Waals surface area contributed by atoms with Gasteiger partial charge in [-0.3, -0.25) is 4.79 Å². The molecule has 0 N–H and O–H groups in total. The van der Waals surface area contributed by atoms with Crippen LogP contribution in [0.4, 0.5) is 0 Å². The highest BCUT2D eigenvalue weighted by molar-refractivity contribution is 5.98. The Balaban J connectivity index is 1.92. The van der Waals surface area contributed by atoms with Gasteiger partial charge in [-0.2, -0.15) is 0 Å². The van der Waals surface area contributed by atoms with E-state index in [1.165, 1.54) is 6.08 Å². The van der Waals surface area contributed by atoms with Crippen LogP contribution in [0.2, 0.25) is 0 Å². The third-order valence-corrected chi connectivity index (χ3v) is 4.00. The van der Waals surface area contributed by atoms with Crippen LogP contribution in [0.5, 0.6) is 0 Å². The van der Waals surface area contributed by atoms with E-state index < -0.39 is 11.9 Å². The highest BCUT2D eigenvalue weighted by Crippen LogP contribution is 2.33. The first kappa shape index (κ1) is 14.7. The summed E-state index contributed by atoms with van der Waals surface area (Å²) in [5, 5.41) is 0. The van der Waals surface area contributed by atoms with E-state index in [0.29, 0.717) is 0 Å². The van der Waals surface area contributed by atoms with Gasteiger partial charge in [0.05, 0.1) is 0 Å². The monoisotopic (exact) mass is 294 g/mol. The minimum atomic E-state index is -1.01. The zero-order chi connectivity index (χ0) is 15.6. The molecule has 1 aliphatic heterocycles. The number of methoxy groups -OCH3 is 1. The predicted octanol–water partition coefficient (Wildman–Crippen LogP) is 3.70. The lowest BCUT2D eigenvalue weighted by Crippen LogP contribution is -2.41. The van der Waals surface area contributed by atoms with Crippen molar-refractivity contribution in [3.63, 3.8) is 0 Å². The summed E-state index contributed by atoms with van der Waals surface area (Å²) in [7, 11) is 1.56. The molecule has 22 heavy (non-hydrogen) atoms.